The molecule has 0 bridgehead atoms. The molecule has 1 amide bonds. The smallest absolute Gasteiger partial charge is 0.276 e. The fraction of sp³-hybridized carbons (Fsp3) is 0.333. The van der Waals surface area contributed by atoms with E-state index in [0.717, 1.165) is 72.6 Å². The molecule has 1 aromatic carbocycles. The van der Waals surface area contributed by atoms with Crippen LogP contribution in [-0.4, -0.2) is 76.7 Å². The number of ether oxygens (including phenoxy) is 1. The second-order valence-corrected chi connectivity index (χ2v) is 9.44. The van der Waals surface area contributed by atoms with Crippen molar-refractivity contribution in [2.45, 2.75) is 18.9 Å². The molecule has 0 unspecified atom stereocenters. The zero-order valence-electron chi connectivity index (χ0n) is 20.4. The zero-order valence-corrected chi connectivity index (χ0v) is 20.4. The predicted octanol–water partition coefficient (Wildman–Crippen LogP) is 3.07. The zero-order chi connectivity index (χ0) is 25.2. The third-order valence-electron chi connectivity index (χ3n) is 7.01. The van der Waals surface area contributed by atoms with E-state index in [0.29, 0.717) is 24.6 Å². The molecule has 5 heterocycles. The van der Waals surface area contributed by atoms with Crippen molar-refractivity contribution >= 4 is 34.0 Å². The molecule has 6 rings (SSSR count). The van der Waals surface area contributed by atoms with Gasteiger partial charge in [-0.2, -0.15) is 5.10 Å². The van der Waals surface area contributed by atoms with Gasteiger partial charge in [0.2, 0.25) is 0 Å². The molecule has 0 spiro atoms. The SMILES string of the molecule is O=C(Nc1ccc(N2CCC(O)CC2)nc1)c1n[nH]c2ccc(-c3cncc(N4CCOCC4)c3)cc12. The minimum absolute atomic E-state index is 0.232. The highest BCUT2D eigenvalue weighted by atomic mass is 16.5. The summed E-state index contributed by atoms with van der Waals surface area (Å²) >= 11 is 0. The Morgan fingerprint density at radius 2 is 1.81 bits per heavy atom. The number of nitrogens with one attached hydrogen (secondary N) is 2. The van der Waals surface area contributed by atoms with Crippen molar-refractivity contribution < 1.29 is 14.6 Å². The van der Waals surface area contributed by atoms with E-state index in [1.807, 2.05) is 42.7 Å². The molecule has 190 valence electrons. The molecule has 2 saturated heterocycles. The van der Waals surface area contributed by atoms with E-state index >= 15 is 0 Å². The Morgan fingerprint density at radius 3 is 2.59 bits per heavy atom. The number of nitrogens with zero attached hydrogens (tertiary/aromatic N) is 5. The van der Waals surface area contributed by atoms with Crippen LogP contribution in [0.4, 0.5) is 17.2 Å². The lowest BCUT2D eigenvalue weighted by atomic mass is 10.0. The summed E-state index contributed by atoms with van der Waals surface area (Å²) in [5, 5.41) is 20.6. The molecule has 0 saturated carbocycles. The van der Waals surface area contributed by atoms with E-state index in [9.17, 15) is 9.90 Å². The predicted molar refractivity (Wildman–Crippen MR) is 142 cm³/mol. The van der Waals surface area contributed by atoms with Gasteiger partial charge < -0.3 is 25.0 Å². The van der Waals surface area contributed by atoms with E-state index in [2.05, 4.69) is 41.3 Å². The van der Waals surface area contributed by atoms with Crippen LogP contribution in [-0.2, 0) is 4.74 Å². The van der Waals surface area contributed by atoms with Crippen molar-refractivity contribution in [2.24, 2.45) is 0 Å². The molecule has 0 radical (unpaired) electrons. The first-order chi connectivity index (χ1) is 18.1. The molecule has 2 fully saturated rings. The highest BCUT2D eigenvalue weighted by molar-refractivity contribution is 6.11. The number of pyridine rings is 2. The number of benzene rings is 1. The molecule has 2 aliphatic rings. The third kappa shape index (κ3) is 4.98. The fourth-order valence-electron chi connectivity index (χ4n) is 4.88. The first kappa shape index (κ1) is 23.4. The number of carbonyl (C=O) groups is 1. The standard InChI is InChI=1S/C27H29N7O3/c35-22-5-7-34(8-6-22)25-4-2-20(16-29-25)30-27(36)26-23-14-18(1-3-24(23)31-32-26)19-13-21(17-28-15-19)33-9-11-37-12-10-33/h1-4,13-17,22,35H,5-12H2,(H,30,36)(H,31,32). The second kappa shape index (κ2) is 10.2. The summed E-state index contributed by atoms with van der Waals surface area (Å²) in [6.07, 6.45) is 6.61. The van der Waals surface area contributed by atoms with Gasteiger partial charge in [0.05, 0.1) is 48.6 Å². The summed E-state index contributed by atoms with van der Waals surface area (Å²) in [5.74, 6) is 0.534. The van der Waals surface area contributed by atoms with Crippen LogP contribution in [0, 0.1) is 0 Å². The normalized spacial score (nSPS) is 16.8. The van der Waals surface area contributed by atoms with Crippen molar-refractivity contribution in [3.05, 3.63) is 60.7 Å². The van der Waals surface area contributed by atoms with Crippen molar-refractivity contribution in [3.63, 3.8) is 0 Å². The summed E-state index contributed by atoms with van der Waals surface area (Å²) in [5.41, 5.74) is 4.70. The number of rotatable bonds is 5. The van der Waals surface area contributed by atoms with E-state index in [-0.39, 0.29) is 12.0 Å². The third-order valence-corrected chi connectivity index (χ3v) is 7.01. The molecule has 3 N–H and O–H groups in total. The van der Waals surface area contributed by atoms with Crippen LogP contribution >= 0.6 is 0 Å². The van der Waals surface area contributed by atoms with Crippen LogP contribution < -0.4 is 15.1 Å². The molecule has 10 heteroatoms. The summed E-state index contributed by atoms with van der Waals surface area (Å²) < 4.78 is 5.47. The number of carbonyl (C=O) groups excluding carboxylic acids is 1. The number of amides is 1. The van der Waals surface area contributed by atoms with Gasteiger partial charge in [-0.15, -0.1) is 0 Å². The number of H-pyrrole nitrogens is 1. The maximum atomic E-state index is 13.1. The van der Waals surface area contributed by atoms with Crippen LogP contribution in [0.25, 0.3) is 22.0 Å². The molecule has 37 heavy (non-hydrogen) atoms. The minimum Gasteiger partial charge on any atom is -0.393 e. The minimum atomic E-state index is -0.306. The lowest BCUT2D eigenvalue weighted by Crippen LogP contribution is -2.36. The fourth-order valence-corrected chi connectivity index (χ4v) is 4.88. The van der Waals surface area contributed by atoms with Gasteiger partial charge in [-0.05, 0) is 48.7 Å². The summed E-state index contributed by atoms with van der Waals surface area (Å²) in [4.78, 5) is 26.5. The topological polar surface area (TPSA) is 120 Å². The Hall–Kier alpha value is -4.02. The summed E-state index contributed by atoms with van der Waals surface area (Å²) in [6.45, 7) is 4.65. The van der Waals surface area contributed by atoms with Gasteiger partial charge in [-0.25, -0.2) is 4.98 Å². The number of piperidine rings is 1. The van der Waals surface area contributed by atoms with Crippen LogP contribution in [0.5, 0.6) is 0 Å². The number of aliphatic hydroxyl groups excluding tert-OH is 1. The summed E-state index contributed by atoms with van der Waals surface area (Å²) in [7, 11) is 0. The highest BCUT2D eigenvalue weighted by Crippen LogP contribution is 2.28. The van der Waals surface area contributed by atoms with Gasteiger partial charge in [0, 0.05) is 43.3 Å². The second-order valence-electron chi connectivity index (χ2n) is 9.44. The highest BCUT2D eigenvalue weighted by Gasteiger charge is 2.19. The van der Waals surface area contributed by atoms with Crippen LogP contribution in [0.2, 0.25) is 0 Å². The lowest BCUT2D eigenvalue weighted by Gasteiger charge is -2.30. The van der Waals surface area contributed by atoms with Gasteiger partial charge in [0.25, 0.3) is 5.91 Å². The largest absolute Gasteiger partial charge is 0.393 e. The Morgan fingerprint density at radius 1 is 0.973 bits per heavy atom. The molecule has 0 atom stereocenters. The van der Waals surface area contributed by atoms with Crippen molar-refractivity contribution in [1.29, 1.82) is 0 Å². The van der Waals surface area contributed by atoms with Gasteiger partial charge in [-0.3, -0.25) is 14.9 Å². The number of hydrogen-bond acceptors (Lipinski definition) is 8. The van der Waals surface area contributed by atoms with Gasteiger partial charge >= 0.3 is 0 Å². The molecular weight excluding hydrogens is 470 g/mol. The number of aliphatic hydroxyl groups is 1. The maximum absolute atomic E-state index is 13.1. The van der Waals surface area contributed by atoms with Gasteiger partial charge in [-0.1, -0.05) is 6.07 Å². The molecule has 4 aromatic rings. The number of morpholine rings is 1. The quantitative estimate of drug-likeness (QED) is 0.383. The van der Waals surface area contributed by atoms with Gasteiger partial charge in [0.1, 0.15) is 5.82 Å². The molecule has 10 nitrogen and oxygen atoms in total. The Balaban J connectivity index is 1.20. The number of aromatic nitrogens is 4. The maximum Gasteiger partial charge on any atom is 0.276 e. The van der Waals surface area contributed by atoms with Crippen molar-refractivity contribution in [1.82, 2.24) is 20.2 Å². The Kier molecular flexibility index (Phi) is 6.42. The van der Waals surface area contributed by atoms with Crippen LogP contribution in [0.3, 0.4) is 0 Å². The van der Waals surface area contributed by atoms with Crippen molar-refractivity contribution in [3.8, 4) is 11.1 Å². The number of anilines is 3. The molecule has 0 aliphatic carbocycles. The van der Waals surface area contributed by atoms with Crippen LogP contribution in [0.15, 0.2) is 55.0 Å². The molecular formula is C27H29N7O3. The van der Waals surface area contributed by atoms with E-state index < -0.39 is 0 Å². The lowest BCUT2D eigenvalue weighted by molar-refractivity contribution is 0.102. The Bertz CT molecular complexity index is 1390. The Labute approximate surface area is 214 Å². The first-order valence-electron chi connectivity index (χ1n) is 12.6. The average molecular weight is 500 g/mol. The molecule has 2 aliphatic heterocycles. The number of hydrogen-bond donors (Lipinski definition) is 3. The van der Waals surface area contributed by atoms with E-state index in [1.54, 1.807) is 6.20 Å². The summed E-state index contributed by atoms with van der Waals surface area (Å²) in [6, 6.07) is 11.8. The van der Waals surface area contributed by atoms with Gasteiger partial charge in [0.15, 0.2) is 5.69 Å². The average Bonchev–Trinajstić information content (AvgIpc) is 3.38. The van der Waals surface area contributed by atoms with E-state index in [4.69, 9.17) is 4.74 Å². The monoisotopic (exact) mass is 499 g/mol. The van der Waals surface area contributed by atoms with Crippen molar-refractivity contribution in [2.75, 3.05) is 54.5 Å². The number of aromatic amines is 1. The van der Waals surface area contributed by atoms with E-state index in [1.165, 1.54) is 0 Å². The molecule has 3 aromatic heterocycles. The first-order valence-corrected chi connectivity index (χ1v) is 12.6. The van der Waals surface area contributed by atoms with Crippen LogP contribution in [0.1, 0.15) is 23.3 Å². The number of fused-ring (bicyclic) bond motifs is 1.